The summed E-state index contributed by atoms with van der Waals surface area (Å²) >= 11 is 0. The fourth-order valence-electron chi connectivity index (χ4n) is 1.80. The van der Waals surface area contributed by atoms with Crippen LogP contribution in [0.5, 0.6) is 5.75 Å². The van der Waals surface area contributed by atoms with E-state index >= 15 is 0 Å². The lowest BCUT2D eigenvalue weighted by Gasteiger charge is -2.12. The highest BCUT2D eigenvalue weighted by Crippen LogP contribution is 2.29. The Morgan fingerprint density at radius 2 is 2.00 bits per heavy atom. The predicted octanol–water partition coefficient (Wildman–Crippen LogP) is 1.74. The molecule has 0 spiro atoms. The minimum Gasteiger partial charge on any atom is -0.490 e. The Bertz CT molecular complexity index is 548. The number of nitrogens with one attached hydrogen (secondary N) is 2. The van der Waals surface area contributed by atoms with Crippen LogP contribution in [0.2, 0.25) is 0 Å². The summed E-state index contributed by atoms with van der Waals surface area (Å²) in [6.07, 6.45) is 1.48. The summed E-state index contributed by atoms with van der Waals surface area (Å²) in [5.74, 6) is 2.64. The average Bonchev–Trinajstić information content (AvgIpc) is 2.75. The van der Waals surface area contributed by atoms with Gasteiger partial charge in [-0.25, -0.2) is 9.97 Å². The van der Waals surface area contributed by atoms with E-state index in [0.29, 0.717) is 23.9 Å². The molecule has 0 fully saturated rings. The van der Waals surface area contributed by atoms with Crippen molar-refractivity contribution in [3.8, 4) is 5.75 Å². The number of hydrogen-bond donors (Lipinski definition) is 2. The van der Waals surface area contributed by atoms with Crippen molar-refractivity contribution in [1.29, 1.82) is 0 Å². The molecule has 0 amide bonds. The molecular weight excluding hydrogens is 246 g/mol. The van der Waals surface area contributed by atoms with E-state index in [2.05, 4.69) is 25.8 Å². The van der Waals surface area contributed by atoms with Crippen molar-refractivity contribution >= 4 is 11.6 Å². The van der Waals surface area contributed by atoms with Gasteiger partial charge in [-0.05, 0) is 13.8 Å². The molecule has 7 heteroatoms. The number of hydrogen-bond acceptors (Lipinski definition) is 7. The number of aryl methyl sites for hydroxylation is 2. The van der Waals surface area contributed by atoms with E-state index in [1.807, 2.05) is 13.8 Å². The maximum absolute atomic E-state index is 5.31. The maximum Gasteiger partial charge on any atom is 0.204 e. The van der Waals surface area contributed by atoms with Crippen LogP contribution in [0.1, 0.15) is 17.0 Å². The van der Waals surface area contributed by atoms with Gasteiger partial charge in [-0.15, -0.1) is 0 Å². The summed E-state index contributed by atoms with van der Waals surface area (Å²) in [4.78, 5) is 8.27. The molecule has 0 aliphatic carbocycles. The van der Waals surface area contributed by atoms with Gasteiger partial charge < -0.3 is 19.9 Å². The zero-order valence-electron chi connectivity index (χ0n) is 11.4. The number of ether oxygens (including phenoxy) is 1. The Morgan fingerprint density at radius 3 is 2.58 bits per heavy atom. The van der Waals surface area contributed by atoms with E-state index in [1.165, 1.54) is 6.33 Å². The summed E-state index contributed by atoms with van der Waals surface area (Å²) in [5, 5.41) is 10.1. The van der Waals surface area contributed by atoms with E-state index in [4.69, 9.17) is 9.26 Å². The van der Waals surface area contributed by atoms with E-state index in [0.717, 1.165) is 17.0 Å². The van der Waals surface area contributed by atoms with Gasteiger partial charge in [0.2, 0.25) is 5.75 Å². The van der Waals surface area contributed by atoms with Crippen molar-refractivity contribution in [2.24, 2.45) is 0 Å². The van der Waals surface area contributed by atoms with Crippen LogP contribution >= 0.6 is 0 Å². The first-order chi connectivity index (χ1) is 9.17. The lowest BCUT2D eigenvalue weighted by molar-refractivity contribution is 0.392. The molecule has 0 saturated heterocycles. The Balaban J connectivity index is 2.20. The third kappa shape index (κ3) is 2.59. The molecule has 0 radical (unpaired) electrons. The summed E-state index contributed by atoms with van der Waals surface area (Å²) in [6, 6.07) is 0. The fraction of sp³-hybridized carbons (Fsp3) is 0.417. The van der Waals surface area contributed by atoms with Gasteiger partial charge in [-0.1, -0.05) is 5.16 Å². The highest BCUT2D eigenvalue weighted by Gasteiger charge is 2.13. The van der Waals surface area contributed by atoms with E-state index < -0.39 is 0 Å². The number of aromatic nitrogens is 3. The summed E-state index contributed by atoms with van der Waals surface area (Å²) in [7, 11) is 3.36. The van der Waals surface area contributed by atoms with Gasteiger partial charge in [0.15, 0.2) is 11.6 Å². The number of anilines is 2. The molecular formula is C12H17N5O2. The molecule has 2 heterocycles. The molecule has 0 saturated carbocycles. The van der Waals surface area contributed by atoms with Gasteiger partial charge in [-0.3, -0.25) is 0 Å². The van der Waals surface area contributed by atoms with E-state index in [1.54, 1.807) is 14.2 Å². The van der Waals surface area contributed by atoms with Crippen molar-refractivity contribution < 1.29 is 9.26 Å². The van der Waals surface area contributed by atoms with Crippen molar-refractivity contribution in [3.63, 3.8) is 0 Å². The molecule has 0 aliphatic rings. The normalized spacial score (nSPS) is 10.3. The van der Waals surface area contributed by atoms with E-state index in [-0.39, 0.29) is 0 Å². The van der Waals surface area contributed by atoms with Gasteiger partial charge in [0.05, 0.1) is 12.8 Å². The summed E-state index contributed by atoms with van der Waals surface area (Å²) < 4.78 is 10.4. The third-order valence-electron chi connectivity index (χ3n) is 2.86. The van der Waals surface area contributed by atoms with E-state index in [9.17, 15) is 0 Å². The Hall–Kier alpha value is -2.31. The van der Waals surface area contributed by atoms with Gasteiger partial charge >= 0.3 is 0 Å². The molecule has 2 aromatic heterocycles. The summed E-state index contributed by atoms with van der Waals surface area (Å²) in [5.41, 5.74) is 1.89. The smallest absolute Gasteiger partial charge is 0.204 e. The molecule has 0 atom stereocenters. The molecule has 0 aliphatic heterocycles. The highest BCUT2D eigenvalue weighted by molar-refractivity contribution is 5.63. The SMILES string of the molecule is CNc1ncnc(NCc2c(C)noc2C)c1OC. The molecule has 102 valence electrons. The second-order valence-corrected chi connectivity index (χ2v) is 4.01. The predicted molar refractivity (Wildman–Crippen MR) is 71.4 cm³/mol. The minimum atomic E-state index is 0.567. The summed E-state index contributed by atoms with van der Waals surface area (Å²) in [6.45, 7) is 4.36. The lowest BCUT2D eigenvalue weighted by Crippen LogP contribution is -2.07. The highest BCUT2D eigenvalue weighted by atomic mass is 16.5. The van der Waals surface area contributed by atoms with Crippen LogP contribution in [0.3, 0.4) is 0 Å². The molecule has 2 rings (SSSR count). The minimum absolute atomic E-state index is 0.567. The number of nitrogens with zero attached hydrogens (tertiary/aromatic N) is 3. The van der Waals surface area contributed by atoms with Crippen molar-refractivity contribution in [2.45, 2.75) is 20.4 Å². The van der Waals surface area contributed by atoms with Crippen molar-refractivity contribution in [2.75, 3.05) is 24.8 Å². The molecule has 0 bridgehead atoms. The average molecular weight is 263 g/mol. The maximum atomic E-state index is 5.31. The van der Waals surface area contributed by atoms with Crippen LogP contribution in [-0.4, -0.2) is 29.3 Å². The molecule has 7 nitrogen and oxygen atoms in total. The van der Waals surface area contributed by atoms with Crippen LogP contribution in [0, 0.1) is 13.8 Å². The van der Waals surface area contributed by atoms with Crippen LogP contribution in [0.4, 0.5) is 11.6 Å². The molecule has 2 N–H and O–H groups in total. The van der Waals surface area contributed by atoms with Crippen LogP contribution in [0.15, 0.2) is 10.9 Å². The zero-order valence-corrected chi connectivity index (χ0v) is 11.4. The molecule has 0 aromatic carbocycles. The van der Waals surface area contributed by atoms with Gasteiger partial charge in [0, 0.05) is 19.2 Å². The third-order valence-corrected chi connectivity index (χ3v) is 2.86. The fourth-order valence-corrected chi connectivity index (χ4v) is 1.80. The Morgan fingerprint density at radius 1 is 1.26 bits per heavy atom. The first-order valence-electron chi connectivity index (χ1n) is 5.89. The topological polar surface area (TPSA) is 85.1 Å². The quantitative estimate of drug-likeness (QED) is 0.849. The monoisotopic (exact) mass is 263 g/mol. The largest absolute Gasteiger partial charge is 0.490 e. The Labute approximate surface area is 111 Å². The zero-order chi connectivity index (χ0) is 13.8. The standard InChI is InChI=1S/C12H17N5O2/c1-7-9(8(2)19-17-7)5-14-12-10(18-4)11(13-3)15-6-16-12/h6H,5H2,1-4H3,(H2,13,14,15,16). The molecule has 2 aromatic rings. The van der Waals surface area contributed by atoms with Crippen molar-refractivity contribution in [3.05, 3.63) is 23.3 Å². The second-order valence-electron chi connectivity index (χ2n) is 4.01. The van der Waals surface area contributed by atoms with Gasteiger partial charge in [-0.2, -0.15) is 0 Å². The van der Waals surface area contributed by atoms with Crippen LogP contribution < -0.4 is 15.4 Å². The number of rotatable bonds is 5. The van der Waals surface area contributed by atoms with Crippen molar-refractivity contribution in [1.82, 2.24) is 15.1 Å². The second kappa shape index (κ2) is 5.55. The molecule has 0 unspecified atom stereocenters. The number of methoxy groups -OCH3 is 1. The first-order valence-corrected chi connectivity index (χ1v) is 5.89. The van der Waals surface area contributed by atoms with Crippen LogP contribution in [0.25, 0.3) is 0 Å². The van der Waals surface area contributed by atoms with Gasteiger partial charge in [0.1, 0.15) is 12.1 Å². The Kier molecular flexibility index (Phi) is 3.84. The van der Waals surface area contributed by atoms with Gasteiger partial charge in [0.25, 0.3) is 0 Å². The molecule has 19 heavy (non-hydrogen) atoms. The lowest BCUT2D eigenvalue weighted by atomic mass is 10.2. The first kappa shape index (κ1) is 13.1. The van der Waals surface area contributed by atoms with Crippen LogP contribution in [-0.2, 0) is 6.54 Å².